The van der Waals surface area contributed by atoms with Crippen molar-refractivity contribution >= 4 is 6.08 Å². The summed E-state index contributed by atoms with van der Waals surface area (Å²) >= 11 is 0. The van der Waals surface area contributed by atoms with Gasteiger partial charge in [0.2, 0.25) is 0 Å². The molecule has 0 unspecified atom stereocenters. The molecular formula is C18H25N5O. The highest BCUT2D eigenvalue weighted by Crippen LogP contribution is 2.26. The van der Waals surface area contributed by atoms with E-state index in [0.29, 0.717) is 12.0 Å². The number of nitrogens with zero attached hydrogens (tertiary/aromatic N) is 3. The van der Waals surface area contributed by atoms with Crippen LogP contribution in [0.4, 0.5) is 0 Å². The van der Waals surface area contributed by atoms with Crippen molar-refractivity contribution in [3.63, 3.8) is 0 Å². The molecule has 1 aliphatic carbocycles. The molecule has 2 heterocycles. The topological polar surface area (TPSA) is 75.6 Å². The van der Waals surface area contributed by atoms with Crippen LogP contribution in [0.1, 0.15) is 37.2 Å². The number of rotatable bonds is 6. The van der Waals surface area contributed by atoms with Crippen LogP contribution in [0.3, 0.4) is 0 Å². The summed E-state index contributed by atoms with van der Waals surface area (Å²) in [5.41, 5.74) is 0.842. The molecule has 0 saturated heterocycles. The van der Waals surface area contributed by atoms with E-state index in [1.54, 1.807) is 17.8 Å². The predicted octanol–water partition coefficient (Wildman–Crippen LogP) is 1.91. The summed E-state index contributed by atoms with van der Waals surface area (Å²) in [6.07, 6.45) is 11.7. The maximum atomic E-state index is 11.5. The van der Waals surface area contributed by atoms with Crippen molar-refractivity contribution in [2.75, 3.05) is 6.54 Å². The molecule has 2 N–H and O–H groups in total. The van der Waals surface area contributed by atoms with Gasteiger partial charge in [-0.25, -0.2) is 9.89 Å². The third kappa shape index (κ3) is 4.20. The molecule has 1 saturated carbocycles. The van der Waals surface area contributed by atoms with Gasteiger partial charge in [-0.2, -0.15) is 5.10 Å². The molecule has 3 rings (SSSR count). The monoisotopic (exact) mass is 327 g/mol. The second-order valence-corrected chi connectivity index (χ2v) is 6.42. The van der Waals surface area contributed by atoms with E-state index in [1.165, 1.54) is 25.7 Å². The smallest absolute Gasteiger partial charge is 0.310 e. The Morgan fingerprint density at radius 3 is 3.00 bits per heavy atom. The van der Waals surface area contributed by atoms with E-state index in [4.69, 9.17) is 0 Å². The van der Waals surface area contributed by atoms with Crippen LogP contribution in [0.5, 0.6) is 0 Å². The van der Waals surface area contributed by atoms with E-state index in [9.17, 15) is 4.79 Å². The van der Waals surface area contributed by atoms with Crippen molar-refractivity contribution in [2.45, 2.75) is 38.1 Å². The third-order valence-electron chi connectivity index (χ3n) is 4.80. The Morgan fingerprint density at radius 2 is 2.25 bits per heavy atom. The number of H-pyrrole nitrogens is 1. The summed E-state index contributed by atoms with van der Waals surface area (Å²) in [4.78, 5) is 15.8. The van der Waals surface area contributed by atoms with Crippen LogP contribution < -0.4 is 11.0 Å². The van der Waals surface area contributed by atoms with Gasteiger partial charge in [-0.3, -0.25) is 9.55 Å². The highest BCUT2D eigenvalue weighted by Gasteiger charge is 2.26. The van der Waals surface area contributed by atoms with Crippen LogP contribution in [0.2, 0.25) is 0 Å². The van der Waals surface area contributed by atoms with Gasteiger partial charge in [0.1, 0.15) is 5.82 Å². The summed E-state index contributed by atoms with van der Waals surface area (Å²) in [7, 11) is 1.78. The first-order valence-electron chi connectivity index (χ1n) is 8.65. The van der Waals surface area contributed by atoms with E-state index in [-0.39, 0.29) is 5.69 Å². The fourth-order valence-electron chi connectivity index (χ4n) is 3.39. The quantitative estimate of drug-likeness (QED) is 0.850. The minimum absolute atomic E-state index is 0.136. The van der Waals surface area contributed by atoms with Crippen molar-refractivity contribution in [1.82, 2.24) is 25.1 Å². The Bertz CT molecular complexity index is 719. The lowest BCUT2D eigenvalue weighted by molar-refractivity contribution is 0.262. The van der Waals surface area contributed by atoms with Crippen LogP contribution in [-0.2, 0) is 13.5 Å². The second kappa shape index (κ2) is 8.06. The van der Waals surface area contributed by atoms with Crippen molar-refractivity contribution < 1.29 is 0 Å². The lowest BCUT2D eigenvalue weighted by Crippen LogP contribution is -2.40. The first-order valence-corrected chi connectivity index (χ1v) is 8.65. The third-order valence-corrected chi connectivity index (χ3v) is 4.80. The summed E-state index contributed by atoms with van der Waals surface area (Å²) in [5.74, 6) is 1.37. The molecule has 24 heavy (non-hydrogen) atoms. The number of aromatic nitrogens is 4. The maximum Gasteiger partial charge on any atom is 0.343 e. The summed E-state index contributed by atoms with van der Waals surface area (Å²) < 4.78 is 1.62. The van der Waals surface area contributed by atoms with Gasteiger partial charge in [0.05, 0.1) is 5.69 Å². The Labute approximate surface area is 142 Å². The van der Waals surface area contributed by atoms with Crippen molar-refractivity contribution in [3.05, 3.63) is 52.5 Å². The largest absolute Gasteiger partial charge is 0.343 e. The molecule has 0 bridgehead atoms. The van der Waals surface area contributed by atoms with Gasteiger partial charge in [0.15, 0.2) is 0 Å². The standard InChI is InChI=1S/C18H25N5O/c1-23-17(21-22-18(23)24)13-14-7-2-3-10-16(14)20-12-6-9-15-8-4-5-11-19-15/h4-6,8-9,11,14,16,20H,2-3,7,10,12-13H2,1H3,(H,22,24)/b9-6+/t14-,16-/m1/s1. The average molecular weight is 327 g/mol. The van der Waals surface area contributed by atoms with Crippen molar-refractivity contribution in [3.8, 4) is 0 Å². The first-order chi connectivity index (χ1) is 11.7. The molecule has 0 aliphatic heterocycles. The molecule has 2 atom stereocenters. The molecule has 6 heteroatoms. The molecule has 0 spiro atoms. The molecule has 2 aromatic heterocycles. The van der Waals surface area contributed by atoms with Crippen molar-refractivity contribution in [2.24, 2.45) is 13.0 Å². The molecule has 1 aliphatic rings. The van der Waals surface area contributed by atoms with Gasteiger partial charge in [0, 0.05) is 32.3 Å². The zero-order chi connectivity index (χ0) is 16.8. The number of pyridine rings is 1. The zero-order valence-corrected chi connectivity index (χ0v) is 14.1. The fourth-order valence-corrected chi connectivity index (χ4v) is 3.39. The predicted molar refractivity (Wildman–Crippen MR) is 94.6 cm³/mol. The van der Waals surface area contributed by atoms with Gasteiger partial charge >= 0.3 is 5.69 Å². The Morgan fingerprint density at radius 1 is 1.38 bits per heavy atom. The SMILES string of the molecule is Cn1c(C[C@H]2CCCC[C@H]2NC/C=C/c2ccccn2)n[nH]c1=O. The number of nitrogens with one attached hydrogen (secondary N) is 2. The molecule has 128 valence electrons. The number of hydrogen-bond acceptors (Lipinski definition) is 4. The number of hydrogen-bond donors (Lipinski definition) is 2. The van der Waals surface area contributed by atoms with Crippen LogP contribution >= 0.6 is 0 Å². The second-order valence-electron chi connectivity index (χ2n) is 6.42. The van der Waals surface area contributed by atoms with Crippen LogP contribution in [0.15, 0.2) is 35.3 Å². The van der Waals surface area contributed by atoms with E-state index < -0.39 is 0 Å². The van der Waals surface area contributed by atoms with Crippen LogP contribution in [0, 0.1) is 5.92 Å². The highest BCUT2D eigenvalue weighted by molar-refractivity contribution is 5.43. The minimum atomic E-state index is -0.136. The normalized spacial score (nSPS) is 21.4. The van der Waals surface area contributed by atoms with E-state index in [1.807, 2.05) is 24.3 Å². The Hall–Kier alpha value is -2.21. The molecule has 0 aromatic carbocycles. The van der Waals surface area contributed by atoms with Crippen LogP contribution in [-0.4, -0.2) is 32.3 Å². The molecule has 1 fully saturated rings. The fraction of sp³-hybridized carbons (Fsp3) is 0.500. The highest BCUT2D eigenvalue weighted by atomic mass is 16.1. The Kier molecular flexibility index (Phi) is 5.59. The summed E-state index contributed by atoms with van der Waals surface area (Å²) in [5, 5.41) is 10.3. The van der Waals surface area contributed by atoms with E-state index in [0.717, 1.165) is 24.5 Å². The maximum absolute atomic E-state index is 11.5. The van der Waals surface area contributed by atoms with Gasteiger partial charge < -0.3 is 5.32 Å². The first kappa shape index (κ1) is 16.6. The molecule has 6 nitrogen and oxygen atoms in total. The van der Waals surface area contributed by atoms with Crippen molar-refractivity contribution in [1.29, 1.82) is 0 Å². The zero-order valence-electron chi connectivity index (χ0n) is 14.1. The van der Waals surface area contributed by atoms with Crippen LogP contribution in [0.25, 0.3) is 6.08 Å². The average Bonchev–Trinajstić information content (AvgIpc) is 2.93. The molecule has 0 radical (unpaired) electrons. The lowest BCUT2D eigenvalue weighted by Gasteiger charge is -2.31. The Balaban J connectivity index is 1.55. The summed E-state index contributed by atoms with van der Waals surface area (Å²) in [6.45, 7) is 0.831. The number of aromatic amines is 1. The molecule has 0 amide bonds. The molecule has 2 aromatic rings. The van der Waals surface area contributed by atoms with Gasteiger partial charge in [0.25, 0.3) is 0 Å². The van der Waals surface area contributed by atoms with Gasteiger partial charge in [-0.05, 0) is 37.0 Å². The summed E-state index contributed by atoms with van der Waals surface area (Å²) in [6, 6.07) is 6.38. The lowest BCUT2D eigenvalue weighted by atomic mass is 9.82. The molecular weight excluding hydrogens is 302 g/mol. The van der Waals surface area contributed by atoms with E-state index in [2.05, 4.69) is 26.6 Å². The minimum Gasteiger partial charge on any atom is -0.310 e. The van der Waals surface area contributed by atoms with Gasteiger partial charge in [-0.1, -0.05) is 25.0 Å². The van der Waals surface area contributed by atoms with Gasteiger partial charge in [-0.15, -0.1) is 0 Å². The van der Waals surface area contributed by atoms with E-state index >= 15 is 0 Å².